The predicted octanol–water partition coefficient (Wildman–Crippen LogP) is 7.73. The standard InChI is InChI=1S/C42H76N6/c1-3-5-7-9-11-16-24-45-26-18-28-47-30-22-41(43)35-37-32-38(34-40(33-37)39-20-14-13-15-21-39)36-42(44)23-31-48-29-19-27-46-25-17-12-10-8-6-4-2/h13-15,20-21,32-34,41-42,45-48H,3-12,16-19,22-31,35-36,43-44H2,1-2H3. The van der Waals surface area contributed by atoms with E-state index in [1.54, 1.807) is 0 Å². The first-order valence-corrected chi connectivity index (χ1v) is 20.1. The Morgan fingerprint density at radius 1 is 0.438 bits per heavy atom. The molecule has 0 saturated heterocycles. The van der Waals surface area contributed by atoms with Gasteiger partial charge in [0.25, 0.3) is 0 Å². The van der Waals surface area contributed by atoms with E-state index in [0.717, 1.165) is 78.0 Å². The van der Waals surface area contributed by atoms with Gasteiger partial charge in [0.1, 0.15) is 0 Å². The number of hydrogen-bond donors (Lipinski definition) is 6. The van der Waals surface area contributed by atoms with Crippen LogP contribution in [0.2, 0.25) is 0 Å². The summed E-state index contributed by atoms with van der Waals surface area (Å²) in [5.74, 6) is 0. The number of rotatable bonds is 33. The molecule has 274 valence electrons. The maximum Gasteiger partial charge on any atom is 0.00914 e. The molecule has 8 N–H and O–H groups in total. The summed E-state index contributed by atoms with van der Waals surface area (Å²) in [5, 5.41) is 14.4. The predicted molar refractivity (Wildman–Crippen MR) is 212 cm³/mol. The fraction of sp³-hybridized carbons (Fsp3) is 0.714. The highest BCUT2D eigenvalue weighted by Gasteiger charge is 2.11. The summed E-state index contributed by atoms with van der Waals surface area (Å²) < 4.78 is 0. The zero-order chi connectivity index (χ0) is 34.3. The van der Waals surface area contributed by atoms with Crippen molar-refractivity contribution in [2.75, 3.05) is 52.4 Å². The van der Waals surface area contributed by atoms with E-state index in [0.29, 0.717) is 0 Å². The van der Waals surface area contributed by atoms with Crippen molar-refractivity contribution >= 4 is 0 Å². The Kier molecular flexibility index (Phi) is 26.5. The Morgan fingerprint density at radius 2 is 0.833 bits per heavy atom. The van der Waals surface area contributed by atoms with Gasteiger partial charge in [-0.1, -0.05) is 127 Å². The van der Waals surface area contributed by atoms with E-state index < -0.39 is 0 Å². The van der Waals surface area contributed by atoms with Gasteiger partial charge in [0, 0.05) is 12.1 Å². The molecule has 0 aromatic heterocycles. The van der Waals surface area contributed by atoms with E-state index in [2.05, 4.69) is 83.6 Å². The van der Waals surface area contributed by atoms with E-state index in [4.69, 9.17) is 11.5 Å². The first-order chi connectivity index (χ1) is 23.6. The first-order valence-electron chi connectivity index (χ1n) is 20.1. The Labute approximate surface area is 296 Å². The second-order valence-electron chi connectivity index (χ2n) is 14.2. The second-order valence-corrected chi connectivity index (χ2v) is 14.2. The van der Waals surface area contributed by atoms with E-state index in [1.165, 1.54) is 112 Å². The highest BCUT2D eigenvalue weighted by Crippen LogP contribution is 2.24. The van der Waals surface area contributed by atoms with Gasteiger partial charge < -0.3 is 32.7 Å². The average Bonchev–Trinajstić information content (AvgIpc) is 3.09. The lowest BCUT2D eigenvalue weighted by atomic mass is 9.93. The highest BCUT2D eigenvalue weighted by molar-refractivity contribution is 5.65. The van der Waals surface area contributed by atoms with E-state index >= 15 is 0 Å². The summed E-state index contributed by atoms with van der Waals surface area (Å²) in [5.41, 5.74) is 18.5. The molecule has 0 spiro atoms. The summed E-state index contributed by atoms with van der Waals surface area (Å²) in [4.78, 5) is 0. The molecule has 0 radical (unpaired) electrons. The third-order valence-electron chi connectivity index (χ3n) is 9.37. The number of nitrogens with one attached hydrogen (secondary N) is 4. The van der Waals surface area contributed by atoms with Crippen molar-refractivity contribution in [2.45, 2.75) is 142 Å². The zero-order valence-corrected chi connectivity index (χ0v) is 31.3. The van der Waals surface area contributed by atoms with Gasteiger partial charge in [-0.3, -0.25) is 0 Å². The monoisotopic (exact) mass is 665 g/mol. The molecule has 2 unspecified atom stereocenters. The summed E-state index contributed by atoms with van der Waals surface area (Å²) in [7, 11) is 0. The van der Waals surface area contributed by atoms with Gasteiger partial charge in [-0.15, -0.1) is 0 Å². The molecule has 0 amide bonds. The normalized spacial score (nSPS) is 12.8. The van der Waals surface area contributed by atoms with Gasteiger partial charge in [0.15, 0.2) is 0 Å². The summed E-state index contributed by atoms with van der Waals surface area (Å²) in [6.07, 6.45) is 22.4. The molecule has 2 aromatic rings. The van der Waals surface area contributed by atoms with Crippen molar-refractivity contribution in [1.29, 1.82) is 0 Å². The van der Waals surface area contributed by atoms with Crippen LogP contribution in [-0.4, -0.2) is 64.4 Å². The molecule has 0 fully saturated rings. The molecule has 0 aliphatic heterocycles. The molecule has 2 atom stereocenters. The lowest BCUT2D eigenvalue weighted by Crippen LogP contribution is -2.30. The molecule has 0 aliphatic rings. The van der Waals surface area contributed by atoms with Crippen LogP contribution in [0.25, 0.3) is 11.1 Å². The smallest absolute Gasteiger partial charge is 0.00914 e. The summed E-state index contributed by atoms with van der Waals surface area (Å²) in [6.45, 7) is 13.1. The number of nitrogens with two attached hydrogens (primary N) is 2. The molecule has 48 heavy (non-hydrogen) atoms. The largest absolute Gasteiger partial charge is 0.327 e. The molecule has 0 aliphatic carbocycles. The van der Waals surface area contributed by atoms with Crippen LogP contribution < -0.4 is 32.7 Å². The van der Waals surface area contributed by atoms with Crippen LogP contribution >= 0.6 is 0 Å². The first kappa shape index (κ1) is 42.4. The molecule has 6 nitrogen and oxygen atoms in total. The fourth-order valence-corrected chi connectivity index (χ4v) is 6.42. The van der Waals surface area contributed by atoms with Crippen LogP contribution in [0.5, 0.6) is 0 Å². The summed E-state index contributed by atoms with van der Waals surface area (Å²) >= 11 is 0. The molecule has 0 bridgehead atoms. The van der Waals surface area contributed by atoms with Crippen LogP contribution in [0.3, 0.4) is 0 Å². The SMILES string of the molecule is CCCCCCCCNCCCNCCC(N)Cc1cc(CC(N)CCNCCCNCCCCCCCC)cc(-c2ccccc2)c1. The van der Waals surface area contributed by atoms with Crippen molar-refractivity contribution in [3.05, 3.63) is 59.7 Å². The van der Waals surface area contributed by atoms with Crippen LogP contribution in [0.1, 0.15) is 128 Å². The molecular formula is C42H76N6. The topological polar surface area (TPSA) is 100 Å². The van der Waals surface area contributed by atoms with Crippen molar-refractivity contribution < 1.29 is 0 Å². The lowest BCUT2D eigenvalue weighted by Gasteiger charge is -2.17. The third-order valence-corrected chi connectivity index (χ3v) is 9.37. The van der Waals surface area contributed by atoms with Gasteiger partial charge in [-0.25, -0.2) is 0 Å². The van der Waals surface area contributed by atoms with E-state index in [-0.39, 0.29) is 12.1 Å². The zero-order valence-electron chi connectivity index (χ0n) is 31.3. The number of benzene rings is 2. The van der Waals surface area contributed by atoms with Crippen LogP contribution in [-0.2, 0) is 12.8 Å². The van der Waals surface area contributed by atoms with Crippen LogP contribution in [0.4, 0.5) is 0 Å². The molecular weight excluding hydrogens is 589 g/mol. The van der Waals surface area contributed by atoms with Gasteiger partial charge in [0.2, 0.25) is 0 Å². The molecule has 6 heteroatoms. The molecule has 2 rings (SSSR count). The molecule has 2 aromatic carbocycles. The van der Waals surface area contributed by atoms with Crippen LogP contribution in [0, 0.1) is 0 Å². The van der Waals surface area contributed by atoms with Gasteiger partial charge in [-0.05, 0) is 126 Å². The Morgan fingerprint density at radius 3 is 1.29 bits per heavy atom. The van der Waals surface area contributed by atoms with Crippen molar-refractivity contribution in [1.82, 2.24) is 21.3 Å². The number of unbranched alkanes of at least 4 members (excludes halogenated alkanes) is 10. The van der Waals surface area contributed by atoms with Crippen molar-refractivity contribution in [3.63, 3.8) is 0 Å². The van der Waals surface area contributed by atoms with Crippen molar-refractivity contribution in [3.8, 4) is 11.1 Å². The van der Waals surface area contributed by atoms with Crippen molar-refractivity contribution in [2.24, 2.45) is 11.5 Å². The minimum Gasteiger partial charge on any atom is -0.327 e. The molecule has 0 heterocycles. The quantitative estimate of drug-likeness (QED) is 0.0437. The average molecular weight is 665 g/mol. The Hall–Kier alpha value is -1.80. The highest BCUT2D eigenvalue weighted by atomic mass is 14.9. The maximum atomic E-state index is 6.66. The minimum atomic E-state index is 0.139. The van der Waals surface area contributed by atoms with E-state index in [1.807, 2.05) is 0 Å². The molecule has 0 saturated carbocycles. The van der Waals surface area contributed by atoms with Gasteiger partial charge in [0.05, 0.1) is 0 Å². The number of hydrogen-bond acceptors (Lipinski definition) is 6. The third kappa shape index (κ3) is 22.8. The minimum absolute atomic E-state index is 0.139. The Bertz CT molecular complexity index is 927. The van der Waals surface area contributed by atoms with E-state index in [9.17, 15) is 0 Å². The lowest BCUT2D eigenvalue weighted by molar-refractivity contribution is 0.528. The Balaban J connectivity index is 1.65. The second kappa shape index (κ2) is 30.1. The van der Waals surface area contributed by atoms with Gasteiger partial charge in [-0.2, -0.15) is 0 Å². The van der Waals surface area contributed by atoms with Gasteiger partial charge >= 0.3 is 0 Å². The summed E-state index contributed by atoms with van der Waals surface area (Å²) in [6, 6.07) is 18.0. The maximum absolute atomic E-state index is 6.66. The van der Waals surface area contributed by atoms with Crippen LogP contribution in [0.15, 0.2) is 48.5 Å². The fourth-order valence-electron chi connectivity index (χ4n) is 6.42.